The summed E-state index contributed by atoms with van der Waals surface area (Å²) in [6.07, 6.45) is 0.526. The Morgan fingerprint density at radius 1 is 1.19 bits per heavy atom. The van der Waals surface area contributed by atoms with Gasteiger partial charge in [-0.05, 0) is 37.0 Å². The van der Waals surface area contributed by atoms with Crippen LogP contribution in [0.25, 0.3) is 0 Å². The van der Waals surface area contributed by atoms with Crippen LogP contribution in [0, 0.1) is 5.92 Å². The van der Waals surface area contributed by atoms with Gasteiger partial charge in [-0.15, -0.1) is 0 Å². The molecule has 9 heteroatoms. The third kappa shape index (κ3) is 4.88. The molecule has 3 amide bonds. The van der Waals surface area contributed by atoms with E-state index in [2.05, 4.69) is 10.6 Å². The second kappa shape index (κ2) is 8.26. The number of ether oxygens (including phenoxy) is 2. The molecule has 9 nitrogen and oxygen atoms in total. The number of amides is 3. The van der Waals surface area contributed by atoms with Gasteiger partial charge >= 0.3 is 0 Å². The van der Waals surface area contributed by atoms with Gasteiger partial charge < -0.3 is 30.9 Å². The molecule has 2 aliphatic rings. The maximum Gasteiger partial charge on any atom is 0.236 e. The van der Waals surface area contributed by atoms with Crippen molar-refractivity contribution < 1.29 is 29.0 Å². The molecule has 0 aromatic heterocycles. The number of fused-ring (bicyclic) bond motifs is 1. The number of primary amides is 1. The van der Waals surface area contributed by atoms with Gasteiger partial charge in [0.1, 0.15) is 0 Å². The Hall–Kier alpha value is -2.81. The van der Waals surface area contributed by atoms with E-state index in [1.807, 2.05) is 18.2 Å². The maximum absolute atomic E-state index is 12.2. The zero-order valence-electron chi connectivity index (χ0n) is 14.8. The average molecular weight is 377 g/mol. The van der Waals surface area contributed by atoms with Gasteiger partial charge in [-0.1, -0.05) is 6.07 Å². The molecule has 1 aromatic carbocycles. The number of nitrogens with one attached hydrogen (secondary N) is 2. The summed E-state index contributed by atoms with van der Waals surface area (Å²) in [5.41, 5.74) is 5.95. The lowest BCUT2D eigenvalue weighted by Gasteiger charge is -2.16. The Balaban J connectivity index is 1.45. The fourth-order valence-electron chi connectivity index (χ4n) is 3.34. The highest BCUT2D eigenvalue weighted by Gasteiger charge is 2.37. The molecule has 1 aromatic rings. The van der Waals surface area contributed by atoms with E-state index in [0.717, 1.165) is 5.56 Å². The van der Waals surface area contributed by atoms with E-state index in [0.29, 0.717) is 24.3 Å². The molecule has 1 fully saturated rings. The predicted molar refractivity (Wildman–Crippen MR) is 93.8 cm³/mol. The van der Waals surface area contributed by atoms with Crippen LogP contribution in [0.2, 0.25) is 0 Å². The first kappa shape index (κ1) is 19.0. The number of carbonyl (C=O) groups excluding carboxylic acids is 3. The number of aryl methyl sites for hydroxylation is 1. The molecule has 0 radical (unpaired) electrons. The summed E-state index contributed by atoms with van der Waals surface area (Å²) in [6, 6.07) is 5.05. The summed E-state index contributed by atoms with van der Waals surface area (Å²) in [6.45, 7) is -0.0367. The number of carbonyl (C=O) groups is 3. The largest absolute Gasteiger partial charge is 0.454 e. The summed E-state index contributed by atoms with van der Waals surface area (Å²) in [5, 5.41) is 15.3. The topological polar surface area (TPSA) is 140 Å². The summed E-state index contributed by atoms with van der Waals surface area (Å²) < 4.78 is 10.6. The second-order valence-corrected chi connectivity index (χ2v) is 6.78. The minimum absolute atomic E-state index is 0.199. The van der Waals surface area contributed by atoms with Crippen molar-refractivity contribution in [2.75, 3.05) is 13.3 Å². The normalized spacial score (nSPS) is 23.1. The number of benzene rings is 1. The first-order chi connectivity index (χ1) is 12.9. The smallest absolute Gasteiger partial charge is 0.236 e. The molecule has 27 heavy (non-hydrogen) atoms. The van der Waals surface area contributed by atoms with Crippen LogP contribution in [0.4, 0.5) is 0 Å². The van der Waals surface area contributed by atoms with Gasteiger partial charge in [-0.25, -0.2) is 0 Å². The highest BCUT2D eigenvalue weighted by molar-refractivity contribution is 5.85. The van der Waals surface area contributed by atoms with Crippen LogP contribution in [0.3, 0.4) is 0 Å². The van der Waals surface area contributed by atoms with Gasteiger partial charge in [0.15, 0.2) is 11.5 Å². The summed E-state index contributed by atoms with van der Waals surface area (Å²) in [7, 11) is 0. The third-order valence-electron chi connectivity index (χ3n) is 4.76. The summed E-state index contributed by atoms with van der Waals surface area (Å²) in [5.74, 6) is -0.268. The fraction of sp³-hybridized carbons (Fsp3) is 0.500. The maximum atomic E-state index is 12.2. The predicted octanol–water partition coefficient (Wildman–Crippen LogP) is -0.795. The molecule has 0 unspecified atom stereocenters. The van der Waals surface area contributed by atoms with Crippen LogP contribution in [0.15, 0.2) is 18.2 Å². The highest BCUT2D eigenvalue weighted by atomic mass is 16.7. The minimum Gasteiger partial charge on any atom is -0.454 e. The van der Waals surface area contributed by atoms with E-state index in [1.54, 1.807) is 0 Å². The van der Waals surface area contributed by atoms with Gasteiger partial charge in [0, 0.05) is 12.3 Å². The van der Waals surface area contributed by atoms with Crippen LogP contribution < -0.4 is 25.8 Å². The Morgan fingerprint density at radius 2 is 1.96 bits per heavy atom. The van der Waals surface area contributed by atoms with E-state index in [-0.39, 0.29) is 38.0 Å². The SMILES string of the molecule is NC(=O)CNC(=O)[C@@H]1C[C@@H](O)[C@H](NC(=O)CCc2ccc3c(c2)OCO3)C1. The van der Waals surface area contributed by atoms with Crippen LogP contribution >= 0.6 is 0 Å². The van der Waals surface area contributed by atoms with E-state index in [4.69, 9.17) is 15.2 Å². The molecule has 0 saturated heterocycles. The molecule has 146 valence electrons. The van der Waals surface area contributed by atoms with Crippen molar-refractivity contribution in [2.45, 2.75) is 37.8 Å². The fourth-order valence-corrected chi connectivity index (χ4v) is 3.34. The van der Waals surface area contributed by atoms with Crippen molar-refractivity contribution in [1.82, 2.24) is 10.6 Å². The minimum atomic E-state index is -0.802. The van der Waals surface area contributed by atoms with E-state index >= 15 is 0 Å². The van der Waals surface area contributed by atoms with E-state index < -0.39 is 24.0 Å². The molecule has 1 aliphatic carbocycles. The van der Waals surface area contributed by atoms with Crippen molar-refractivity contribution in [3.05, 3.63) is 23.8 Å². The standard InChI is InChI=1S/C18H23N3O6/c19-16(23)8-20-18(25)11-6-12(13(22)7-11)21-17(24)4-2-10-1-3-14-15(5-10)27-9-26-14/h1,3,5,11-13,22H,2,4,6-9H2,(H2,19,23)(H,20,25)(H,21,24)/t11-,12+,13+/m0/s1. The molecule has 3 atom stereocenters. The highest BCUT2D eigenvalue weighted by Crippen LogP contribution is 2.32. The first-order valence-corrected chi connectivity index (χ1v) is 8.84. The molecule has 1 saturated carbocycles. The molecular weight excluding hydrogens is 354 g/mol. The molecule has 0 bridgehead atoms. The number of aliphatic hydroxyl groups is 1. The monoisotopic (exact) mass is 377 g/mol. The van der Waals surface area contributed by atoms with Crippen molar-refractivity contribution >= 4 is 17.7 Å². The van der Waals surface area contributed by atoms with Crippen molar-refractivity contribution in [1.29, 1.82) is 0 Å². The number of hydrogen-bond acceptors (Lipinski definition) is 6. The molecule has 3 rings (SSSR count). The van der Waals surface area contributed by atoms with Crippen LogP contribution in [-0.4, -0.2) is 48.3 Å². The quantitative estimate of drug-likeness (QED) is 0.491. The van der Waals surface area contributed by atoms with Gasteiger partial charge in [-0.3, -0.25) is 14.4 Å². The summed E-state index contributed by atoms with van der Waals surface area (Å²) in [4.78, 5) is 34.9. The number of aliphatic hydroxyl groups excluding tert-OH is 1. The van der Waals surface area contributed by atoms with Gasteiger partial charge in [-0.2, -0.15) is 0 Å². The zero-order valence-corrected chi connectivity index (χ0v) is 14.8. The molecule has 0 spiro atoms. The van der Waals surface area contributed by atoms with Gasteiger partial charge in [0.2, 0.25) is 24.5 Å². The third-order valence-corrected chi connectivity index (χ3v) is 4.76. The van der Waals surface area contributed by atoms with E-state index in [9.17, 15) is 19.5 Å². The Morgan fingerprint density at radius 3 is 2.74 bits per heavy atom. The lowest BCUT2D eigenvalue weighted by molar-refractivity contribution is -0.127. The summed E-state index contributed by atoms with van der Waals surface area (Å²) >= 11 is 0. The van der Waals surface area contributed by atoms with Gasteiger partial charge in [0.05, 0.1) is 18.7 Å². The van der Waals surface area contributed by atoms with Crippen molar-refractivity contribution in [3.8, 4) is 11.5 Å². The molecular formula is C18H23N3O6. The Kier molecular flexibility index (Phi) is 5.80. The Bertz CT molecular complexity index is 738. The first-order valence-electron chi connectivity index (χ1n) is 8.84. The van der Waals surface area contributed by atoms with Gasteiger partial charge in [0.25, 0.3) is 0 Å². The van der Waals surface area contributed by atoms with E-state index in [1.165, 1.54) is 0 Å². The van der Waals surface area contributed by atoms with Crippen LogP contribution in [0.5, 0.6) is 11.5 Å². The number of nitrogens with two attached hydrogens (primary N) is 1. The number of rotatable bonds is 7. The van der Waals surface area contributed by atoms with Crippen LogP contribution in [0.1, 0.15) is 24.8 Å². The zero-order chi connectivity index (χ0) is 19.4. The molecule has 1 heterocycles. The average Bonchev–Trinajstić information content (AvgIpc) is 3.24. The van der Waals surface area contributed by atoms with Crippen molar-refractivity contribution in [3.63, 3.8) is 0 Å². The lowest BCUT2D eigenvalue weighted by Crippen LogP contribution is -2.40. The molecule has 5 N–H and O–H groups in total. The second-order valence-electron chi connectivity index (χ2n) is 6.78. The van der Waals surface area contributed by atoms with Crippen LogP contribution in [-0.2, 0) is 20.8 Å². The molecule has 1 aliphatic heterocycles. The lowest BCUT2D eigenvalue weighted by atomic mass is 10.1. The number of hydrogen-bond donors (Lipinski definition) is 4. The Labute approximate surface area is 156 Å². The van der Waals surface area contributed by atoms with Crippen molar-refractivity contribution in [2.24, 2.45) is 11.7 Å².